The highest BCUT2D eigenvalue weighted by molar-refractivity contribution is 5.33. The smallest absolute Gasteiger partial charge is 0.254 e. The van der Waals surface area contributed by atoms with Crippen LogP contribution in [0.15, 0.2) is 36.0 Å². The van der Waals surface area contributed by atoms with Gasteiger partial charge in [-0.2, -0.15) is 0 Å². The molecule has 0 aromatic heterocycles. The Kier molecular flexibility index (Phi) is 5.03. The van der Waals surface area contributed by atoms with Gasteiger partial charge in [-0.05, 0) is 24.8 Å². The number of aliphatic hydroxyl groups is 1. The van der Waals surface area contributed by atoms with E-state index < -0.39 is 17.4 Å². The topological polar surface area (TPSA) is 20.2 Å². The van der Waals surface area contributed by atoms with Crippen molar-refractivity contribution in [1.29, 1.82) is 0 Å². The van der Waals surface area contributed by atoms with Crippen molar-refractivity contribution in [3.05, 3.63) is 36.0 Å². The molecule has 2 atom stereocenters. The average molecular weight is 296 g/mol. The molecule has 0 bridgehead atoms. The summed E-state index contributed by atoms with van der Waals surface area (Å²) in [7, 11) is 0. The van der Waals surface area contributed by atoms with Crippen LogP contribution in [0.1, 0.15) is 52.4 Å². The Labute approximate surface area is 126 Å². The van der Waals surface area contributed by atoms with Gasteiger partial charge in [0.15, 0.2) is 0 Å². The van der Waals surface area contributed by atoms with Crippen molar-refractivity contribution in [1.82, 2.24) is 0 Å². The summed E-state index contributed by atoms with van der Waals surface area (Å²) in [5, 5.41) is 11.0. The Morgan fingerprint density at radius 2 is 1.95 bits per heavy atom. The highest BCUT2D eigenvalue weighted by Gasteiger charge is 2.38. The van der Waals surface area contributed by atoms with Gasteiger partial charge in [0.2, 0.25) is 0 Å². The van der Waals surface area contributed by atoms with Crippen molar-refractivity contribution in [3.8, 4) is 0 Å². The fourth-order valence-corrected chi connectivity index (χ4v) is 3.63. The van der Waals surface area contributed by atoms with Crippen molar-refractivity contribution < 1.29 is 13.9 Å². The van der Waals surface area contributed by atoms with Crippen molar-refractivity contribution >= 4 is 0 Å². The Balaban J connectivity index is 2.20. The zero-order valence-corrected chi connectivity index (χ0v) is 13.0. The maximum Gasteiger partial charge on any atom is 0.254 e. The molecular weight excluding hydrogens is 270 g/mol. The fourth-order valence-electron chi connectivity index (χ4n) is 3.63. The van der Waals surface area contributed by atoms with Gasteiger partial charge in [0.25, 0.3) is 5.92 Å². The molecule has 1 nitrogen and oxygen atoms in total. The van der Waals surface area contributed by atoms with Crippen LogP contribution in [-0.2, 0) is 0 Å². The van der Waals surface area contributed by atoms with Gasteiger partial charge in [-0.25, -0.2) is 8.78 Å². The molecule has 2 aliphatic rings. The highest BCUT2D eigenvalue weighted by Crippen LogP contribution is 2.41. The first kappa shape index (κ1) is 16.4. The van der Waals surface area contributed by atoms with E-state index in [0.29, 0.717) is 0 Å². The first-order chi connectivity index (χ1) is 9.87. The van der Waals surface area contributed by atoms with Gasteiger partial charge in [0.1, 0.15) is 0 Å². The van der Waals surface area contributed by atoms with Crippen LogP contribution >= 0.6 is 0 Å². The summed E-state index contributed by atoms with van der Waals surface area (Å²) in [6.45, 7) is 3.01. The molecule has 1 saturated carbocycles. The lowest BCUT2D eigenvalue weighted by Crippen LogP contribution is -2.40. The van der Waals surface area contributed by atoms with Crippen molar-refractivity contribution in [2.24, 2.45) is 11.8 Å². The minimum atomic E-state index is -2.75. The van der Waals surface area contributed by atoms with Gasteiger partial charge in [-0.15, -0.1) is 0 Å². The van der Waals surface area contributed by atoms with Crippen LogP contribution in [0.2, 0.25) is 0 Å². The molecule has 0 aromatic rings. The molecule has 1 fully saturated rings. The third kappa shape index (κ3) is 3.82. The lowest BCUT2D eigenvalue weighted by molar-refractivity contribution is -0.0368. The first-order valence-corrected chi connectivity index (χ1v) is 8.03. The number of alkyl halides is 2. The third-order valence-corrected chi connectivity index (χ3v) is 4.87. The number of halogens is 2. The van der Waals surface area contributed by atoms with Gasteiger partial charge in [-0.1, -0.05) is 56.6 Å². The molecule has 0 heterocycles. The van der Waals surface area contributed by atoms with Crippen LogP contribution in [0, 0.1) is 11.8 Å². The number of allylic oxidation sites excluding steroid dienone is 5. The monoisotopic (exact) mass is 296 g/mol. The summed E-state index contributed by atoms with van der Waals surface area (Å²) >= 11 is 0. The minimum absolute atomic E-state index is 0.0305. The number of rotatable bonds is 4. The van der Waals surface area contributed by atoms with Gasteiger partial charge in [0, 0.05) is 12.8 Å². The van der Waals surface area contributed by atoms with E-state index in [1.54, 1.807) is 24.3 Å². The van der Waals surface area contributed by atoms with Gasteiger partial charge in [0.05, 0.1) is 11.5 Å². The largest absolute Gasteiger partial charge is 0.389 e. The number of hydrogen-bond acceptors (Lipinski definition) is 1. The van der Waals surface area contributed by atoms with E-state index in [0.717, 1.165) is 44.6 Å². The molecule has 0 aliphatic heterocycles. The maximum atomic E-state index is 13.5. The zero-order chi connectivity index (χ0) is 15.5. The molecule has 0 radical (unpaired) electrons. The average Bonchev–Trinajstić information content (AvgIpc) is 2.66. The standard InChI is InChI=1S/C18H26F2O/c1-3-16(18(21)12-5-4-6-13-18)14-8-7-9-15(11-10-14)17(2,19)20/h7-11,15-16,21H,3-6,12-13H2,1-2H3. The number of hydrogen-bond donors (Lipinski definition) is 1. The molecule has 0 amide bonds. The van der Waals surface area contributed by atoms with E-state index in [9.17, 15) is 13.9 Å². The summed E-state index contributed by atoms with van der Waals surface area (Å²) < 4.78 is 26.9. The normalized spacial score (nSPS) is 27.1. The molecule has 2 unspecified atom stereocenters. The van der Waals surface area contributed by atoms with Crippen LogP contribution in [0.25, 0.3) is 0 Å². The van der Waals surface area contributed by atoms with E-state index in [4.69, 9.17) is 0 Å². The summed E-state index contributed by atoms with van der Waals surface area (Å²) in [5.74, 6) is -3.59. The van der Waals surface area contributed by atoms with E-state index >= 15 is 0 Å². The molecule has 0 aromatic carbocycles. The second-order valence-corrected chi connectivity index (χ2v) is 6.52. The summed E-state index contributed by atoms with van der Waals surface area (Å²) in [5.41, 5.74) is 0.302. The minimum Gasteiger partial charge on any atom is -0.389 e. The molecule has 118 valence electrons. The molecule has 2 aliphatic carbocycles. The Bertz CT molecular complexity index is 437. The molecule has 0 spiro atoms. The quantitative estimate of drug-likeness (QED) is 0.771. The molecule has 21 heavy (non-hydrogen) atoms. The molecular formula is C18H26F2O. The highest BCUT2D eigenvalue weighted by atomic mass is 19.3. The second-order valence-electron chi connectivity index (χ2n) is 6.52. The van der Waals surface area contributed by atoms with E-state index in [2.05, 4.69) is 6.92 Å². The van der Waals surface area contributed by atoms with Crippen molar-refractivity contribution in [3.63, 3.8) is 0 Å². The van der Waals surface area contributed by atoms with E-state index in [-0.39, 0.29) is 5.92 Å². The van der Waals surface area contributed by atoms with Gasteiger partial charge in [-0.3, -0.25) is 0 Å². The van der Waals surface area contributed by atoms with Gasteiger partial charge < -0.3 is 5.11 Å². The predicted octanol–water partition coefficient (Wildman–Crippen LogP) is 5.03. The van der Waals surface area contributed by atoms with Crippen LogP contribution in [0.3, 0.4) is 0 Å². The zero-order valence-electron chi connectivity index (χ0n) is 13.0. The van der Waals surface area contributed by atoms with Crippen LogP contribution in [0.5, 0.6) is 0 Å². The van der Waals surface area contributed by atoms with E-state index in [1.807, 2.05) is 6.08 Å². The maximum absolute atomic E-state index is 13.5. The Morgan fingerprint density at radius 3 is 2.52 bits per heavy atom. The van der Waals surface area contributed by atoms with Crippen LogP contribution < -0.4 is 0 Å². The van der Waals surface area contributed by atoms with Crippen LogP contribution in [-0.4, -0.2) is 16.6 Å². The Hall–Kier alpha value is -0.960. The van der Waals surface area contributed by atoms with Crippen molar-refractivity contribution in [2.45, 2.75) is 63.9 Å². The molecule has 3 heteroatoms. The van der Waals surface area contributed by atoms with Crippen molar-refractivity contribution in [2.75, 3.05) is 0 Å². The summed E-state index contributed by atoms with van der Waals surface area (Å²) in [6, 6.07) is 0. The van der Waals surface area contributed by atoms with Gasteiger partial charge >= 0.3 is 0 Å². The fraction of sp³-hybridized carbons (Fsp3) is 0.667. The summed E-state index contributed by atoms with van der Waals surface area (Å²) in [4.78, 5) is 0. The molecule has 1 N–H and O–H groups in total. The second kappa shape index (κ2) is 6.43. The van der Waals surface area contributed by atoms with E-state index in [1.165, 1.54) is 6.42 Å². The first-order valence-electron chi connectivity index (χ1n) is 8.03. The summed E-state index contributed by atoms with van der Waals surface area (Å²) in [6.07, 6.45) is 14.3. The molecule has 2 rings (SSSR count). The lowest BCUT2D eigenvalue weighted by Gasteiger charge is -2.39. The third-order valence-electron chi connectivity index (χ3n) is 4.87. The van der Waals surface area contributed by atoms with Crippen LogP contribution in [0.4, 0.5) is 8.78 Å². The lowest BCUT2D eigenvalue weighted by atomic mass is 9.71. The SMILES string of the molecule is CCC(C1=CC=CC(C(C)(F)F)C=C1)C1(O)CCCCC1. The molecule has 0 saturated heterocycles. The predicted molar refractivity (Wildman–Crippen MR) is 82.3 cm³/mol. The Morgan fingerprint density at radius 1 is 1.29 bits per heavy atom.